The van der Waals surface area contributed by atoms with Crippen LogP contribution < -0.4 is 5.11 Å². The summed E-state index contributed by atoms with van der Waals surface area (Å²) in [7, 11) is 0. The maximum absolute atomic E-state index is 11.9. The molecule has 0 aliphatic carbocycles. The number of carbonyl (C=O) groups is 1. The number of carboxylic acid groups (broad SMARTS) is 1. The van der Waals surface area contributed by atoms with Crippen molar-refractivity contribution < 1.29 is 36.2 Å². The summed E-state index contributed by atoms with van der Waals surface area (Å²) in [4.78, 5) is 8.78. The summed E-state index contributed by atoms with van der Waals surface area (Å²) in [6.45, 7) is 0. The molecule has 9 heteroatoms. The molecule has 1 rings (SSSR count). The van der Waals surface area contributed by atoms with Gasteiger partial charge in [-0.15, -0.1) is 5.69 Å². The van der Waals surface area contributed by atoms with E-state index in [1.54, 1.807) is 0 Å². The molecule has 0 atom stereocenters. The Bertz CT molecular complexity index is 412. The van der Waals surface area contributed by atoms with Crippen molar-refractivity contribution in [3.05, 3.63) is 35.6 Å². The van der Waals surface area contributed by atoms with Crippen LogP contribution in [-0.2, 0) is 11.0 Å². The Morgan fingerprint density at radius 3 is 1.67 bits per heavy atom. The molecule has 0 saturated carbocycles. The molecule has 0 heterocycles. The van der Waals surface area contributed by atoms with Gasteiger partial charge in [-0.25, -0.2) is 0 Å². The molecule has 1 aromatic carbocycles. The molecule has 0 bridgehead atoms. The second-order valence-electron chi connectivity index (χ2n) is 2.83. The molecule has 0 amide bonds. The molecular weight excluding hydrogens is 268 g/mol. The van der Waals surface area contributed by atoms with Gasteiger partial charge < -0.3 is 15.6 Å². The number of aliphatic carboxylic acids is 1. The summed E-state index contributed by atoms with van der Waals surface area (Å²) in [6, 6.07) is 4.67. The summed E-state index contributed by atoms with van der Waals surface area (Å²) in [5.74, 6) is -3.01. The summed E-state index contributed by atoms with van der Waals surface area (Å²) in [5.41, 5.74) is 5.53. The summed E-state index contributed by atoms with van der Waals surface area (Å²) in [6.07, 6.45) is -9.60. The van der Waals surface area contributed by atoms with Gasteiger partial charge in [-0.3, -0.25) is 0 Å². The Hall–Kier alpha value is -1.93. The highest BCUT2D eigenvalue weighted by atomic mass is 19.4. The maximum atomic E-state index is 11.9. The van der Waals surface area contributed by atoms with E-state index in [2.05, 4.69) is 0 Å². The molecule has 18 heavy (non-hydrogen) atoms. The lowest BCUT2D eigenvalue weighted by atomic mass is 10.2. The third kappa shape index (κ3) is 5.41. The molecule has 0 aliphatic heterocycles. The molecule has 0 radical (unpaired) electrons. The standard InChI is InChI=1S/C7H5F3N.C2HF3O2/c8-7(9,10)5-3-1-2-4-6(5)11;3-2(4,5)1(6)7/h1-4,11H;(H,6,7)/q-1;/p-1. The second kappa shape index (κ2) is 5.61. The zero-order valence-corrected chi connectivity index (χ0v) is 8.39. The minimum Gasteiger partial charge on any atom is -0.698 e. The highest BCUT2D eigenvalue weighted by Crippen LogP contribution is 2.35. The largest absolute Gasteiger partial charge is 0.698 e. The van der Waals surface area contributed by atoms with Gasteiger partial charge in [0.15, 0.2) is 0 Å². The molecule has 0 fully saturated rings. The predicted molar refractivity (Wildman–Crippen MR) is 46.5 cm³/mol. The van der Waals surface area contributed by atoms with Crippen LogP contribution in [0.15, 0.2) is 24.3 Å². The van der Waals surface area contributed by atoms with Crippen LogP contribution in [0.1, 0.15) is 5.56 Å². The second-order valence-corrected chi connectivity index (χ2v) is 2.83. The van der Waals surface area contributed by atoms with Gasteiger partial charge in [-0.1, -0.05) is 24.3 Å². The van der Waals surface area contributed by atoms with Crippen molar-refractivity contribution in [1.29, 1.82) is 0 Å². The van der Waals surface area contributed by atoms with Crippen molar-refractivity contribution >= 4 is 11.7 Å². The fraction of sp³-hybridized carbons (Fsp3) is 0.222. The fourth-order valence-corrected chi connectivity index (χ4v) is 0.730. The molecule has 1 aromatic rings. The van der Waals surface area contributed by atoms with E-state index in [1.165, 1.54) is 12.1 Å². The first kappa shape index (κ1) is 16.1. The Labute approximate surface area is 96.8 Å². The van der Waals surface area contributed by atoms with E-state index in [0.717, 1.165) is 12.1 Å². The minimum absolute atomic E-state index is 0.486. The van der Waals surface area contributed by atoms with Crippen molar-refractivity contribution in [3.63, 3.8) is 0 Å². The van der Waals surface area contributed by atoms with Crippen LogP contribution in [0.25, 0.3) is 5.73 Å². The van der Waals surface area contributed by atoms with Crippen LogP contribution in [0.5, 0.6) is 0 Å². The van der Waals surface area contributed by atoms with Crippen LogP contribution in [0.2, 0.25) is 0 Å². The maximum Gasteiger partial charge on any atom is 0.430 e. The number of hydrogen-bond acceptors (Lipinski definition) is 2. The number of carbonyl (C=O) groups excluding carboxylic acids is 1. The zero-order chi connectivity index (χ0) is 14.6. The Balaban J connectivity index is 0.000000360. The molecule has 0 saturated heterocycles. The summed E-state index contributed by atoms with van der Waals surface area (Å²) in [5, 5.41) is 8.78. The third-order valence-corrected chi connectivity index (χ3v) is 1.46. The molecule has 0 spiro atoms. The van der Waals surface area contributed by atoms with Gasteiger partial charge in [0.2, 0.25) is 0 Å². The molecule has 0 aliphatic rings. The highest BCUT2D eigenvalue weighted by Gasteiger charge is 2.30. The molecule has 0 unspecified atom stereocenters. The number of rotatable bonds is 0. The average molecular weight is 273 g/mol. The van der Waals surface area contributed by atoms with Crippen molar-refractivity contribution in [1.82, 2.24) is 0 Å². The van der Waals surface area contributed by atoms with Crippen LogP contribution in [0, 0.1) is 0 Å². The molecular formula is C9H5F6NO2-2. The first-order chi connectivity index (χ1) is 7.96. The minimum atomic E-state index is -5.19. The lowest BCUT2D eigenvalue weighted by molar-refractivity contribution is -0.344. The van der Waals surface area contributed by atoms with E-state index in [9.17, 15) is 26.3 Å². The highest BCUT2D eigenvalue weighted by molar-refractivity contribution is 5.70. The van der Waals surface area contributed by atoms with Crippen LogP contribution >= 0.6 is 0 Å². The average Bonchev–Trinajstić information content (AvgIpc) is 2.15. The lowest BCUT2D eigenvalue weighted by Gasteiger charge is -2.13. The summed E-state index contributed by atoms with van der Waals surface area (Å²) < 4.78 is 67.3. The first-order valence-corrected chi connectivity index (χ1v) is 4.12. The van der Waals surface area contributed by atoms with Crippen LogP contribution in [-0.4, -0.2) is 12.1 Å². The number of hydrogen-bond donors (Lipinski definition) is 0. The van der Waals surface area contributed by atoms with E-state index in [4.69, 9.17) is 15.6 Å². The third-order valence-electron chi connectivity index (χ3n) is 1.46. The topological polar surface area (TPSA) is 63.9 Å². The van der Waals surface area contributed by atoms with E-state index < -0.39 is 29.6 Å². The number of nitrogens with one attached hydrogen (secondary N) is 1. The van der Waals surface area contributed by atoms with Crippen molar-refractivity contribution in [2.75, 3.05) is 0 Å². The van der Waals surface area contributed by atoms with Crippen LogP contribution in [0.4, 0.5) is 32.0 Å². The number of halogens is 6. The van der Waals surface area contributed by atoms with Gasteiger partial charge in [-0.05, 0) is 0 Å². The lowest BCUT2D eigenvalue weighted by Crippen LogP contribution is -2.37. The van der Waals surface area contributed by atoms with Crippen molar-refractivity contribution in [2.45, 2.75) is 12.4 Å². The Morgan fingerprint density at radius 2 is 1.44 bits per heavy atom. The summed E-state index contributed by atoms with van der Waals surface area (Å²) >= 11 is 0. The number of carboxylic acids is 1. The quantitative estimate of drug-likeness (QED) is 0.682. The van der Waals surface area contributed by atoms with Gasteiger partial charge in [-0.2, -0.15) is 26.3 Å². The normalized spacial score (nSPS) is 11.4. The smallest absolute Gasteiger partial charge is 0.430 e. The SMILES string of the molecule is O=C([O-])C(F)(F)F.[NH-]c1ccccc1C(F)(F)F. The Kier molecular flexibility index (Phi) is 5.00. The first-order valence-electron chi connectivity index (χ1n) is 4.12. The van der Waals surface area contributed by atoms with Gasteiger partial charge in [0.1, 0.15) is 5.97 Å². The van der Waals surface area contributed by atoms with E-state index in [0.29, 0.717) is 0 Å². The van der Waals surface area contributed by atoms with Gasteiger partial charge in [0, 0.05) is 5.56 Å². The molecule has 1 N–H and O–H groups in total. The molecule has 3 nitrogen and oxygen atoms in total. The van der Waals surface area contributed by atoms with Crippen molar-refractivity contribution in [2.24, 2.45) is 0 Å². The fourth-order valence-electron chi connectivity index (χ4n) is 0.730. The zero-order valence-electron chi connectivity index (χ0n) is 8.39. The Morgan fingerprint density at radius 1 is 1.06 bits per heavy atom. The predicted octanol–water partition coefficient (Wildman–Crippen LogP) is 2.69. The molecule has 0 aromatic heterocycles. The van der Waals surface area contributed by atoms with Gasteiger partial charge in [0.05, 0.1) is 0 Å². The van der Waals surface area contributed by atoms with Crippen LogP contribution in [0.3, 0.4) is 0 Å². The monoisotopic (exact) mass is 273 g/mol. The van der Waals surface area contributed by atoms with Crippen molar-refractivity contribution in [3.8, 4) is 0 Å². The number of benzene rings is 1. The van der Waals surface area contributed by atoms with E-state index in [-0.39, 0.29) is 0 Å². The van der Waals surface area contributed by atoms with E-state index in [1.807, 2.05) is 0 Å². The van der Waals surface area contributed by atoms with Gasteiger partial charge >= 0.3 is 12.4 Å². The van der Waals surface area contributed by atoms with Gasteiger partial charge in [0.25, 0.3) is 0 Å². The van der Waals surface area contributed by atoms with E-state index >= 15 is 0 Å². The molecule has 102 valence electrons. The number of alkyl halides is 6.